The quantitative estimate of drug-likeness (QED) is 0.847. The van der Waals surface area contributed by atoms with Crippen LogP contribution in [0.15, 0.2) is 24.3 Å². The Kier molecular flexibility index (Phi) is 4.55. The normalized spacial score (nSPS) is 15.1. The Morgan fingerprint density at radius 1 is 1.11 bits per heavy atom. The predicted octanol–water partition coefficient (Wildman–Crippen LogP) is 2.59. The molecule has 0 unspecified atom stereocenters. The number of amides is 1. The number of hydrogen-bond donors (Lipinski definition) is 1. The lowest BCUT2D eigenvalue weighted by Gasteiger charge is -2.28. The van der Waals surface area contributed by atoms with Crippen molar-refractivity contribution < 1.29 is 9.59 Å². The number of carbonyl (C=O) groups excluding carboxylic acids is 2. The first-order chi connectivity index (χ1) is 9.15. The standard InChI is InChI=1S/C15H20N2O2/c1-12(18)11-15(19)16-13-5-7-14(8-6-13)17-9-3-2-4-10-17/h5-8H,2-4,9-11H2,1H3,(H,16,19). The van der Waals surface area contributed by atoms with Crippen molar-refractivity contribution in [3.8, 4) is 0 Å². The van der Waals surface area contributed by atoms with E-state index in [4.69, 9.17) is 0 Å². The van der Waals surface area contributed by atoms with E-state index in [2.05, 4.69) is 10.2 Å². The fourth-order valence-electron chi connectivity index (χ4n) is 2.34. The average molecular weight is 260 g/mol. The van der Waals surface area contributed by atoms with Crippen molar-refractivity contribution >= 4 is 23.1 Å². The van der Waals surface area contributed by atoms with E-state index in [1.54, 1.807) is 0 Å². The molecular weight excluding hydrogens is 240 g/mol. The number of piperidine rings is 1. The van der Waals surface area contributed by atoms with E-state index in [0.717, 1.165) is 18.8 Å². The third-order valence-corrected chi connectivity index (χ3v) is 3.28. The maximum Gasteiger partial charge on any atom is 0.231 e. The average Bonchev–Trinajstić information content (AvgIpc) is 2.39. The van der Waals surface area contributed by atoms with Crippen LogP contribution in [-0.4, -0.2) is 24.8 Å². The molecule has 1 aliphatic rings. The number of hydrogen-bond acceptors (Lipinski definition) is 3. The van der Waals surface area contributed by atoms with Crippen LogP contribution in [0.2, 0.25) is 0 Å². The fourth-order valence-corrected chi connectivity index (χ4v) is 2.34. The lowest BCUT2D eigenvalue weighted by molar-refractivity contribution is -0.124. The largest absolute Gasteiger partial charge is 0.372 e. The van der Waals surface area contributed by atoms with E-state index >= 15 is 0 Å². The van der Waals surface area contributed by atoms with Gasteiger partial charge in [-0.1, -0.05) is 0 Å². The minimum atomic E-state index is -0.252. The Morgan fingerprint density at radius 3 is 2.32 bits per heavy atom. The van der Waals surface area contributed by atoms with Crippen LogP contribution in [0, 0.1) is 0 Å². The van der Waals surface area contributed by atoms with Crippen molar-refractivity contribution in [3.05, 3.63) is 24.3 Å². The van der Waals surface area contributed by atoms with E-state index in [9.17, 15) is 9.59 Å². The summed E-state index contributed by atoms with van der Waals surface area (Å²) in [7, 11) is 0. The monoisotopic (exact) mass is 260 g/mol. The number of rotatable bonds is 4. The van der Waals surface area contributed by atoms with Crippen molar-refractivity contribution in [2.75, 3.05) is 23.3 Å². The van der Waals surface area contributed by atoms with Crippen LogP contribution in [0.25, 0.3) is 0 Å². The summed E-state index contributed by atoms with van der Waals surface area (Å²) in [5, 5.41) is 2.73. The Morgan fingerprint density at radius 2 is 1.74 bits per heavy atom. The van der Waals surface area contributed by atoms with Gasteiger partial charge in [0.05, 0.1) is 6.42 Å². The molecule has 1 saturated heterocycles. The summed E-state index contributed by atoms with van der Waals surface area (Å²) < 4.78 is 0. The number of nitrogens with one attached hydrogen (secondary N) is 1. The summed E-state index contributed by atoms with van der Waals surface area (Å²) in [6.07, 6.45) is 3.75. The van der Waals surface area contributed by atoms with Crippen LogP contribution in [0.4, 0.5) is 11.4 Å². The highest BCUT2D eigenvalue weighted by molar-refractivity contribution is 6.03. The molecule has 1 aromatic rings. The zero-order valence-corrected chi connectivity index (χ0v) is 11.3. The molecule has 0 aromatic heterocycles. The van der Waals surface area contributed by atoms with Gasteiger partial charge in [-0.3, -0.25) is 9.59 Å². The van der Waals surface area contributed by atoms with Gasteiger partial charge in [-0.05, 0) is 50.5 Å². The summed E-state index contributed by atoms with van der Waals surface area (Å²) in [6, 6.07) is 7.83. The van der Waals surface area contributed by atoms with Crippen LogP contribution >= 0.6 is 0 Å². The van der Waals surface area contributed by atoms with Gasteiger partial charge < -0.3 is 10.2 Å². The Hall–Kier alpha value is -1.84. The number of Topliss-reactive ketones (excluding diaryl/α,β-unsaturated/α-hetero) is 1. The van der Waals surface area contributed by atoms with Crippen LogP contribution in [0.3, 0.4) is 0 Å². The van der Waals surface area contributed by atoms with Gasteiger partial charge in [0, 0.05) is 24.5 Å². The zero-order valence-electron chi connectivity index (χ0n) is 11.3. The predicted molar refractivity (Wildman–Crippen MR) is 76.4 cm³/mol. The van der Waals surface area contributed by atoms with E-state index < -0.39 is 0 Å². The smallest absolute Gasteiger partial charge is 0.231 e. The number of carbonyl (C=O) groups is 2. The van der Waals surface area contributed by atoms with Gasteiger partial charge >= 0.3 is 0 Å². The molecule has 0 aliphatic carbocycles. The maximum atomic E-state index is 11.5. The highest BCUT2D eigenvalue weighted by atomic mass is 16.2. The molecule has 102 valence electrons. The summed E-state index contributed by atoms with van der Waals surface area (Å²) in [5.41, 5.74) is 1.94. The first-order valence-electron chi connectivity index (χ1n) is 6.79. The Balaban J connectivity index is 1.94. The van der Waals surface area contributed by atoms with Crippen molar-refractivity contribution in [2.45, 2.75) is 32.6 Å². The third kappa shape index (κ3) is 4.09. The first-order valence-corrected chi connectivity index (χ1v) is 6.79. The molecule has 2 rings (SSSR count). The van der Waals surface area contributed by atoms with Crippen molar-refractivity contribution in [3.63, 3.8) is 0 Å². The van der Waals surface area contributed by atoms with Crippen molar-refractivity contribution in [1.29, 1.82) is 0 Å². The third-order valence-electron chi connectivity index (χ3n) is 3.28. The molecule has 4 heteroatoms. The number of nitrogens with zero attached hydrogens (tertiary/aromatic N) is 1. The molecule has 0 atom stereocenters. The lowest BCUT2D eigenvalue weighted by Crippen LogP contribution is -2.29. The first kappa shape index (κ1) is 13.6. The van der Waals surface area contributed by atoms with Crippen molar-refractivity contribution in [1.82, 2.24) is 0 Å². The highest BCUT2D eigenvalue weighted by Gasteiger charge is 2.11. The van der Waals surface area contributed by atoms with Crippen molar-refractivity contribution in [2.24, 2.45) is 0 Å². The molecule has 1 aliphatic heterocycles. The summed E-state index contributed by atoms with van der Waals surface area (Å²) in [6.45, 7) is 3.63. The van der Waals surface area contributed by atoms with Crippen LogP contribution < -0.4 is 10.2 Å². The minimum absolute atomic E-state index is 0.0616. The highest BCUT2D eigenvalue weighted by Crippen LogP contribution is 2.21. The van der Waals surface area contributed by atoms with Crippen LogP contribution in [-0.2, 0) is 9.59 Å². The Bertz CT molecular complexity index is 448. The van der Waals surface area contributed by atoms with E-state index in [1.165, 1.54) is 31.9 Å². The maximum absolute atomic E-state index is 11.5. The van der Waals surface area contributed by atoms with Gasteiger partial charge in [-0.2, -0.15) is 0 Å². The molecule has 1 aromatic carbocycles. The molecule has 1 amide bonds. The molecule has 0 spiro atoms. The second-order valence-corrected chi connectivity index (χ2v) is 5.02. The van der Waals surface area contributed by atoms with E-state index in [1.807, 2.05) is 24.3 Å². The fraction of sp³-hybridized carbons (Fsp3) is 0.467. The molecule has 1 heterocycles. The number of anilines is 2. The Labute approximate surface area is 113 Å². The molecule has 4 nitrogen and oxygen atoms in total. The van der Waals surface area contributed by atoms with E-state index in [-0.39, 0.29) is 18.1 Å². The second kappa shape index (κ2) is 6.36. The van der Waals surface area contributed by atoms with Crippen LogP contribution in [0.1, 0.15) is 32.6 Å². The molecule has 1 fully saturated rings. The molecular formula is C15H20N2O2. The second-order valence-electron chi connectivity index (χ2n) is 5.02. The van der Waals surface area contributed by atoms with Crippen LogP contribution in [0.5, 0.6) is 0 Å². The van der Waals surface area contributed by atoms with Gasteiger partial charge in [0.1, 0.15) is 5.78 Å². The minimum Gasteiger partial charge on any atom is -0.372 e. The number of benzene rings is 1. The lowest BCUT2D eigenvalue weighted by atomic mass is 10.1. The summed E-state index contributed by atoms with van der Waals surface area (Å²) in [5.74, 6) is -0.374. The molecule has 0 bridgehead atoms. The number of ketones is 1. The summed E-state index contributed by atoms with van der Waals surface area (Å²) >= 11 is 0. The SMILES string of the molecule is CC(=O)CC(=O)Nc1ccc(N2CCCCC2)cc1. The van der Waals surface area contributed by atoms with Gasteiger partial charge in [0.25, 0.3) is 0 Å². The molecule has 1 N–H and O–H groups in total. The molecule has 19 heavy (non-hydrogen) atoms. The molecule has 0 saturated carbocycles. The van der Waals surface area contributed by atoms with Gasteiger partial charge in [-0.25, -0.2) is 0 Å². The van der Waals surface area contributed by atoms with Gasteiger partial charge in [0.15, 0.2) is 0 Å². The van der Waals surface area contributed by atoms with E-state index in [0.29, 0.717) is 0 Å². The van der Waals surface area contributed by atoms with Gasteiger partial charge in [-0.15, -0.1) is 0 Å². The topological polar surface area (TPSA) is 49.4 Å². The zero-order chi connectivity index (χ0) is 13.7. The summed E-state index contributed by atoms with van der Waals surface area (Å²) in [4.78, 5) is 24.7. The molecule has 0 radical (unpaired) electrons. The van der Waals surface area contributed by atoms with Gasteiger partial charge in [0.2, 0.25) is 5.91 Å².